The number of alkyl halides is 1. The third kappa shape index (κ3) is 4.72. The lowest BCUT2D eigenvalue weighted by atomic mass is 10.0. The number of rotatable bonds is 6. The second-order valence-corrected chi connectivity index (χ2v) is 5.96. The van der Waals surface area contributed by atoms with Crippen molar-refractivity contribution in [2.45, 2.75) is 32.4 Å². The number of anilines is 1. The van der Waals surface area contributed by atoms with Crippen molar-refractivity contribution in [2.75, 3.05) is 5.32 Å². The molecule has 1 unspecified atom stereocenters. The normalized spacial score (nSPS) is 12.1. The van der Waals surface area contributed by atoms with Crippen molar-refractivity contribution in [3.63, 3.8) is 0 Å². The number of carbonyl (C=O) groups is 1. The lowest BCUT2D eigenvalue weighted by molar-refractivity contribution is 0.102. The fourth-order valence-electron chi connectivity index (χ4n) is 2.29. The van der Waals surface area contributed by atoms with Gasteiger partial charge in [-0.2, -0.15) is 0 Å². The van der Waals surface area contributed by atoms with Crippen molar-refractivity contribution < 1.29 is 22.4 Å². The van der Waals surface area contributed by atoms with E-state index in [0.29, 0.717) is 18.6 Å². The summed E-state index contributed by atoms with van der Waals surface area (Å²) in [5.41, 5.74) is 0.00334. The van der Waals surface area contributed by atoms with Crippen molar-refractivity contribution in [2.24, 2.45) is 0 Å². The first kappa shape index (κ1) is 19.2. The Morgan fingerprint density at radius 1 is 1.16 bits per heavy atom. The number of hydrogen-bond acceptors (Lipinski definition) is 1. The molecule has 0 saturated carbocycles. The van der Waals surface area contributed by atoms with E-state index in [9.17, 15) is 22.4 Å². The topological polar surface area (TPSA) is 29.1 Å². The molecule has 2 rings (SSSR count). The maximum absolute atomic E-state index is 14.2. The Morgan fingerprint density at radius 3 is 2.40 bits per heavy atom. The molecule has 0 bridgehead atoms. The standard InChI is InChI=1S/C18H16ClF4NO/c1-2-3-4-14(20)12-7-10(5-6-13(12)19)18(25)24-11-8-15(21)17(23)16(22)9-11/h5-9,14H,2-4H2,1H3,(H,24,25). The van der Waals surface area contributed by atoms with Crippen LogP contribution >= 0.6 is 11.6 Å². The summed E-state index contributed by atoms with van der Waals surface area (Å²) in [4.78, 5) is 12.2. The Bertz CT molecular complexity index is 759. The summed E-state index contributed by atoms with van der Waals surface area (Å²) in [5.74, 6) is -5.18. The molecule has 0 aliphatic rings. The first-order chi connectivity index (χ1) is 11.8. The smallest absolute Gasteiger partial charge is 0.255 e. The van der Waals surface area contributed by atoms with Crippen LogP contribution in [0.5, 0.6) is 0 Å². The van der Waals surface area contributed by atoms with Crippen LogP contribution in [-0.2, 0) is 0 Å². The third-order valence-electron chi connectivity index (χ3n) is 3.65. The molecule has 1 amide bonds. The van der Waals surface area contributed by atoms with Crippen molar-refractivity contribution in [1.82, 2.24) is 0 Å². The fourth-order valence-corrected chi connectivity index (χ4v) is 2.53. The molecule has 134 valence electrons. The van der Waals surface area contributed by atoms with Gasteiger partial charge in [0.05, 0.1) is 0 Å². The number of carbonyl (C=O) groups excluding carboxylic acids is 1. The minimum atomic E-state index is -1.62. The second-order valence-electron chi connectivity index (χ2n) is 5.55. The number of amides is 1. The molecule has 0 saturated heterocycles. The molecule has 0 spiro atoms. The van der Waals surface area contributed by atoms with Gasteiger partial charge in [-0.05, 0) is 24.6 Å². The van der Waals surface area contributed by atoms with E-state index < -0.39 is 29.5 Å². The average molecular weight is 374 g/mol. The van der Waals surface area contributed by atoms with Gasteiger partial charge < -0.3 is 5.32 Å². The lowest BCUT2D eigenvalue weighted by Crippen LogP contribution is -2.13. The van der Waals surface area contributed by atoms with E-state index in [2.05, 4.69) is 5.32 Å². The summed E-state index contributed by atoms with van der Waals surface area (Å²) in [5, 5.41) is 2.44. The maximum Gasteiger partial charge on any atom is 0.255 e. The molecule has 0 fully saturated rings. The predicted octanol–water partition coefficient (Wildman–Crippen LogP) is 6.21. The Hall–Kier alpha value is -2.08. The quantitative estimate of drug-likeness (QED) is 0.473. The molecule has 0 aliphatic carbocycles. The van der Waals surface area contributed by atoms with E-state index in [0.717, 1.165) is 6.42 Å². The number of halogens is 5. The first-order valence-corrected chi connectivity index (χ1v) is 8.10. The van der Waals surface area contributed by atoms with Crippen LogP contribution in [0.3, 0.4) is 0 Å². The molecule has 2 aromatic carbocycles. The van der Waals surface area contributed by atoms with Gasteiger partial charge in [-0.1, -0.05) is 31.4 Å². The number of unbranched alkanes of at least 4 members (excludes halogenated alkanes) is 1. The molecule has 0 heterocycles. The summed E-state index contributed by atoms with van der Waals surface area (Å²) >= 11 is 5.98. The fraction of sp³-hybridized carbons (Fsp3) is 0.278. The molecular formula is C18H16ClF4NO. The van der Waals surface area contributed by atoms with Crippen LogP contribution in [0.1, 0.15) is 48.3 Å². The van der Waals surface area contributed by atoms with Crippen LogP contribution in [0.2, 0.25) is 5.02 Å². The first-order valence-electron chi connectivity index (χ1n) is 7.73. The zero-order valence-corrected chi connectivity index (χ0v) is 14.1. The molecule has 2 nitrogen and oxygen atoms in total. The Kier molecular flexibility index (Phi) is 6.42. The molecule has 0 aromatic heterocycles. The van der Waals surface area contributed by atoms with E-state index in [1.165, 1.54) is 18.2 Å². The number of hydrogen-bond donors (Lipinski definition) is 1. The minimum Gasteiger partial charge on any atom is -0.322 e. The van der Waals surface area contributed by atoms with E-state index in [1.54, 1.807) is 0 Å². The van der Waals surface area contributed by atoms with Crippen molar-refractivity contribution in [3.05, 3.63) is 63.9 Å². The molecule has 25 heavy (non-hydrogen) atoms. The highest BCUT2D eigenvalue weighted by atomic mass is 35.5. The number of nitrogens with one attached hydrogen (secondary N) is 1. The van der Waals surface area contributed by atoms with Gasteiger partial charge in [0.1, 0.15) is 6.17 Å². The van der Waals surface area contributed by atoms with Crippen molar-refractivity contribution >= 4 is 23.2 Å². The van der Waals surface area contributed by atoms with Crippen LogP contribution in [0, 0.1) is 17.5 Å². The lowest BCUT2D eigenvalue weighted by Gasteiger charge is -2.12. The van der Waals surface area contributed by atoms with E-state index in [-0.39, 0.29) is 28.3 Å². The predicted molar refractivity (Wildman–Crippen MR) is 89.1 cm³/mol. The molecule has 1 N–H and O–H groups in total. The van der Waals surface area contributed by atoms with Gasteiger partial charge in [-0.3, -0.25) is 4.79 Å². The zero-order valence-electron chi connectivity index (χ0n) is 13.4. The summed E-state index contributed by atoms with van der Waals surface area (Å²) < 4.78 is 53.6. The van der Waals surface area contributed by atoms with E-state index in [1.807, 2.05) is 6.92 Å². The Labute approximate surface area is 147 Å². The summed E-state index contributed by atoms with van der Waals surface area (Å²) in [6, 6.07) is 5.37. The summed E-state index contributed by atoms with van der Waals surface area (Å²) in [7, 11) is 0. The van der Waals surface area contributed by atoms with Crippen molar-refractivity contribution in [1.29, 1.82) is 0 Å². The molecular weight excluding hydrogens is 358 g/mol. The SMILES string of the molecule is CCCCC(F)c1cc(C(=O)Nc2cc(F)c(F)c(F)c2)ccc1Cl. The van der Waals surface area contributed by atoms with E-state index in [4.69, 9.17) is 11.6 Å². The highest BCUT2D eigenvalue weighted by molar-refractivity contribution is 6.31. The van der Waals surface area contributed by atoms with Gasteiger partial charge in [-0.15, -0.1) is 0 Å². The Morgan fingerprint density at radius 2 is 1.80 bits per heavy atom. The van der Waals surface area contributed by atoms with Gasteiger partial charge in [-0.25, -0.2) is 17.6 Å². The largest absolute Gasteiger partial charge is 0.322 e. The van der Waals surface area contributed by atoms with Crippen LogP contribution < -0.4 is 5.32 Å². The molecule has 0 radical (unpaired) electrons. The van der Waals surface area contributed by atoms with Gasteiger partial charge in [0.25, 0.3) is 5.91 Å². The second kappa shape index (κ2) is 8.34. The molecule has 0 aliphatic heterocycles. The number of benzene rings is 2. The van der Waals surface area contributed by atoms with Gasteiger partial charge in [0.2, 0.25) is 0 Å². The molecule has 7 heteroatoms. The highest BCUT2D eigenvalue weighted by Crippen LogP contribution is 2.31. The molecule has 1 atom stereocenters. The highest BCUT2D eigenvalue weighted by Gasteiger charge is 2.17. The summed E-state index contributed by atoms with van der Waals surface area (Å²) in [6.07, 6.45) is 0.443. The van der Waals surface area contributed by atoms with Crippen LogP contribution in [0.25, 0.3) is 0 Å². The average Bonchev–Trinajstić information content (AvgIpc) is 2.57. The van der Waals surface area contributed by atoms with Gasteiger partial charge in [0, 0.05) is 34.0 Å². The van der Waals surface area contributed by atoms with Crippen LogP contribution in [0.4, 0.5) is 23.2 Å². The van der Waals surface area contributed by atoms with Gasteiger partial charge in [0.15, 0.2) is 17.5 Å². The Balaban J connectivity index is 2.22. The summed E-state index contributed by atoms with van der Waals surface area (Å²) in [6.45, 7) is 1.93. The van der Waals surface area contributed by atoms with Crippen molar-refractivity contribution in [3.8, 4) is 0 Å². The molecule has 2 aromatic rings. The van der Waals surface area contributed by atoms with Crippen LogP contribution in [-0.4, -0.2) is 5.91 Å². The zero-order chi connectivity index (χ0) is 18.6. The monoisotopic (exact) mass is 373 g/mol. The van der Waals surface area contributed by atoms with E-state index >= 15 is 0 Å². The minimum absolute atomic E-state index is 0.0729. The maximum atomic E-state index is 14.2. The van der Waals surface area contributed by atoms with Gasteiger partial charge >= 0.3 is 0 Å². The third-order valence-corrected chi connectivity index (χ3v) is 3.99. The van der Waals surface area contributed by atoms with Crippen LogP contribution in [0.15, 0.2) is 30.3 Å².